The van der Waals surface area contributed by atoms with Crippen LogP contribution in [0.1, 0.15) is 39.0 Å². The lowest BCUT2D eigenvalue weighted by Crippen LogP contribution is -2.23. The average Bonchev–Trinajstić information content (AvgIpc) is 2.97. The van der Waals surface area contributed by atoms with Crippen molar-refractivity contribution in [2.45, 2.75) is 45.1 Å². The summed E-state index contributed by atoms with van der Waals surface area (Å²) in [6.07, 6.45) is 5.69. The molecular formula is C16H20O4. The van der Waals surface area contributed by atoms with Crippen LogP contribution in [-0.2, 0) is 14.3 Å². The first-order valence-electron chi connectivity index (χ1n) is 7.24. The molecular weight excluding hydrogens is 256 g/mol. The molecule has 2 unspecified atom stereocenters. The van der Waals surface area contributed by atoms with E-state index in [1.54, 1.807) is 0 Å². The number of hydrogen-bond donors (Lipinski definition) is 1. The molecule has 4 heteroatoms. The Labute approximate surface area is 118 Å². The first-order chi connectivity index (χ1) is 9.42. The van der Waals surface area contributed by atoms with Crippen molar-refractivity contribution in [1.82, 2.24) is 0 Å². The highest BCUT2D eigenvalue weighted by Crippen LogP contribution is 2.61. The Kier molecular flexibility index (Phi) is 3.00. The molecule has 2 fully saturated rings. The van der Waals surface area contributed by atoms with Gasteiger partial charge in [-0.1, -0.05) is 19.6 Å². The summed E-state index contributed by atoms with van der Waals surface area (Å²) >= 11 is 0. The fraction of sp³-hybridized carbons (Fsp3) is 0.625. The first-order valence-corrected chi connectivity index (χ1v) is 7.24. The number of ether oxygens (including phenoxy) is 1. The van der Waals surface area contributed by atoms with E-state index in [0.29, 0.717) is 29.9 Å². The summed E-state index contributed by atoms with van der Waals surface area (Å²) < 4.78 is 5.52. The molecule has 3 rings (SSSR count). The predicted octanol–water partition coefficient (Wildman–Crippen LogP) is 2.70. The third kappa shape index (κ3) is 2.07. The number of carboxylic acids is 1. The minimum absolute atomic E-state index is 0.0184. The summed E-state index contributed by atoms with van der Waals surface area (Å²) in [5.74, 6) is -0.754. The Morgan fingerprint density at radius 2 is 2.30 bits per heavy atom. The van der Waals surface area contributed by atoms with Crippen molar-refractivity contribution in [2.75, 3.05) is 0 Å². The quantitative estimate of drug-likeness (QED) is 0.591. The van der Waals surface area contributed by atoms with Gasteiger partial charge < -0.3 is 9.84 Å². The van der Waals surface area contributed by atoms with Crippen LogP contribution in [0.3, 0.4) is 0 Å². The molecule has 4 atom stereocenters. The van der Waals surface area contributed by atoms with Crippen LogP contribution in [0.4, 0.5) is 0 Å². The van der Waals surface area contributed by atoms with Gasteiger partial charge >= 0.3 is 11.9 Å². The zero-order chi connectivity index (χ0) is 14.5. The van der Waals surface area contributed by atoms with E-state index in [1.165, 1.54) is 0 Å². The van der Waals surface area contributed by atoms with Gasteiger partial charge in [-0.15, -0.1) is 0 Å². The van der Waals surface area contributed by atoms with E-state index < -0.39 is 5.97 Å². The lowest BCUT2D eigenvalue weighted by Gasteiger charge is -2.22. The first kappa shape index (κ1) is 13.4. The van der Waals surface area contributed by atoms with E-state index >= 15 is 0 Å². The lowest BCUT2D eigenvalue weighted by molar-refractivity contribution is -0.140. The van der Waals surface area contributed by atoms with E-state index in [1.807, 2.05) is 6.08 Å². The van der Waals surface area contributed by atoms with Gasteiger partial charge in [0.25, 0.3) is 0 Å². The Morgan fingerprint density at radius 3 is 3.00 bits per heavy atom. The van der Waals surface area contributed by atoms with Crippen LogP contribution in [0.2, 0.25) is 0 Å². The average molecular weight is 276 g/mol. The summed E-state index contributed by atoms with van der Waals surface area (Å²) in [6, 6.07) is 0. The predicted molar refractivity (Wildman–Crippen MR) is 72.9 cm³/mol. The van der Waals surface area contributed by atoms with Crippen molar-refractivity contribution in [1.29, 1.82) is 0 Å². The van der Waals surface area contributed by atoms with Crippen LogP contribution in [0.15, 0.2) is 23.8 Å². The van der Waals surface area contributed by atoms with Crippen LogP contribution >= 0.6 is 0 Å². The van der Waals surface area contributed by atoms with Gasteiger partial charge in [0.1, 0.15) is 6.10 Å². The second kappa shape index (κ2) is 4.47. The Morgan fingerprint density at radius 1 is 1.55 bits per heavy atom. The maximum Gasteiger partial charge on any atom is 0.334 e. The standard InChI is InChI=1S/C16H20O4/c1-9-11-6-5-10(14(17)18)4-3-7-16(2)8-12(16)13(11)20-15(9)19/h4,11-13H,1,3,5-8H2,2H3,(H,17,18)/b10-4+/t11-,12?,13-,16?/m0/s1. The SMILES string of the molecule is C=C1C(=O)O[C@@H]2C3CC3(C)CC/C=C(/C(=O)O)CC[C@@H]12. The Hall–Kier alpha value is -1.58. The number of allylic oxidation sites excluding steroid dienone is 1. The number of aliphatic carboxylic acids is 1. The van der Waals surface area contributed by atoms with Crippen molar-refractivity contribution in [3.8, 4) is 0 Å². The smallest absolute Gasteiger partial charge is 0.334 e. The number of rotatable bonds is 1. The molecule has 0 bridgehead atoms. The zero-order valence-electron chi connectivity index (χ0n) is 11.7. The molecule has 1 N–H and O–H groups in total. The van der Waals surface area contributed by atoms with Crippen LogP contribution in [-0.4, -0.2) is 23.1 Å². The van der Waals surface area contributed by atoms with Crippen LogP contribution in [0.5, 0.6) is 0 Å². The minimum atomic E-state index is -0.851. The molecule has 108 valence electrons. The van der Waals surface area contributed by atoms with Gasteiger partial charge in [0, 0.05) is 23.0 Å². The third-order valence-corrected chi connectivity index (χ3v) is 5.27. The van der Waals surface area contributed by atoms with Gasteiger partial charge in [-0.05, 0) is 37.5 Å². The van der Waals surface area contributed by atoms with E-state index in [9.17, 15) is 14.7 Å². The zero-order valence-corrected chi connectivity index (χ0v) is 11.7. The molecule has 0 radical (unpaired) electrons. The fourth-order valence-corrected chi connectivity index (χ4v) is 3.76. The summed E-state index contributed by atoms with van der Waals surface area (Å²) in [4.78, 5) is 23.0. The summed E-state index contributed by atoms with van der Waals surface area (Å²) in [5.41, 5.74) is 1.17. The van der Waals surface area contributed by atoms with E-state index in [2.05, 4.69) is 13.5 Å². The maximum absolute atomic E-state index is 11.8. The molecule has 0 aromatic rings. The Balaban J connectivity index is 1.88. The summed E-state index contributed by atoms with van der Waals surface area (Å²) in [5, 5.41) is 9.23. The molecule has 3 aliphatic rings. The molecule has 0 aromatic heterocycles. The molecule has 0 aromatic carbocycles. The van der Waals surface area contributed by atoms with E-state index in [4.69, 9.17) is 4.74 Å². The molecule has 2 aliphatic carbocycles. The number of carbonyl (C=O) groups is 2. The normalized spacial score (nSPS) is 42.9. The molecule has 0 amide bonds. The number of carboxylic acid groups (broad SMARTS) is 1. The van der Waals surface area contributed by atoms with Gasteiger partial charge in [0.05, 0.1) is 0 Å². The molecule has 1 aliphatic heterocycles. The highest BCUT2D eigenvalue weighted by atomic mass is 16.6. The number of fused-ring (bicyclic) bond motifs is 3. The molecule has 1 saturated heterocycles. The van der Waals surface area contributed by atoms with Gasteiger partial charge in [0.2, 0.25) is 0 Å². The van der Waals surface area contributed by atoms with Crippen LogP contribution in [0, 0.1) is 17.3 Å². The number of esters is 1. The number of hydrogen-bond acceptors (Lipinski definition) is 3. The van der Waals surface area contributed by atoms with Gasteiger partial charge in [0.15, 0.2) is 0 Å². The molecule has 0 spiro atoms. The highest BCUT2D eigenvalue weighted by molar-refractivity contribution is 5.91. The molecule has 4 nitrogen and oxygen atoms in total. The lowest BCUT2D eigenvalue weighted by atomic mass is 9.84. The highest BCUT2D eigenvalue weighted by Gasteiger charge is 2.59. The molecule has 1 heterocycles. The van der Waals surface area contributed by atoms with Crippen molar-refractivity contribution in [3.63, 3.8) is 0 Å². The monoisotopic (exact) mass is 276 g/mol. The van der Waals surface area contributed by atoms with Crippen LogP contribution in [0.25, 0.3) is 0 Å². The summed E-state index contributed by atoms with van der Waals surface area (Å²) in [6.45, 7) is 6.06. The summed E-state index contributed by atoms with van der Waals surface area (Å²) in [7, 11) is 0. The second-order valence-electron chi connectivity index (χ2n) is 6.58. The van der Waals surface area contributed by atoms with E-state index in [0.717, 1.165) is 19.3 Å². The number of carbonyl (C=O) groups excluding carboxylic acids is 1. The van der Waals surface area contributed by atoms with Crippen molar-refractivity contribution >= 4 is 11.9 Å². The van der Waals surface area contributed by atoms with Gasteiger partial charge in [-0.2, -0.15) is 0 Å². The van der Waals surface area contributed by atoms with Gasteiger partial charge in [-0.25, -0.2) is 9.59 Å². The van der Waals surface area contributed by atoms with Crippen molar-refractivity contribution < 1.29 is 19.4 Å². The Bertz CT molecular complexity index is 519. The van der Waals surface area contributed by atoms with Crippen molar-refractivity contribution in [2.24, 2.45) is 17.3 Å². The minimum Gasteiger partial charge on any atom is -0.478 e. The maximum atomic E-state index is 11.8. The van der Waals surface area contributed by atoms with Gasteiger partial charge in [-0.3, -0.25) is 0 Å². The second-order valence-corrected chi connectivity index (χ2v) is 6.58. The third-order valence-electron chi connectivity index (χ3n) is 5.27. The molecule has 20 heavy (non-hydrogen) atoms. The van der Waals surface area contributed by atoms with E-state index in [-0.39, 0.29) is 23.4 Å². The topological polar surface area (TPSA) is 63.6 Å². The van der Waals surface area contributed by atoms with Crippen molar-refractivity contribution in [3.05, 3.63) is 23.8 Å². The largest absolute Gasteiger partial charge is 0.478 e. The molecule has 1 saturated carbocycles. The fourth-order valence-electron chi connectivity index (χ4n) is 3.76. The van der Waals surface area contributed by atoms with Crippen LogP contribution < -0.4 is 0 Å².